The molecule has 2 aromatic heterocycles. The molecule has 0 aliphatic carbocycles. The number of benzene rings is 2. The number of nitrogens with one attached hydrogen (secondary N) is 1. The fourth-order valence-corrected chi connectivity index (χ4v) is 5.58. The average molecular weight is 549 g/mol. The molecule has 2 saturated heterocycles. The third kappa shape index (κ3) is 5.65. The minimum Gasteiger partial charge on any atom is -0.488 e. The van der Waals surface area contributed by atoms with Gasteiger partial charge < -0.3 is 24.3 Å². The van der Waals surface area contributed by atoms with Crippen LogP contribution < -0.4 is 9.64 Å². The first-order valence-corrected chi connectivity index (χ1v) is 13.9. The first-order valence-electron chi connectivity index (χ1n) is 13.9. The molecule has 4 aromatic rings. The zero-order valence-corrected chi connectivity index (χ0v) is 23.0. The Labute approximate surface area is 239 Å². The summed E-state index contributed by atoms with van der Waals surface area (Å²) in [5.74, 6) is 0.573. The van der Waals surface area contributed by atoms with Crippen LogP contribution in [0.25, 0.3) is 33.4 Å². The number of ether oxygens (including phenoxy) is 2. The van der Waals surface area contributed by atoms with Gasteiger partial charge in [0.25, 0.3) is 0 Å². The van der Waals surface area contributed by atoms with E-state index in [2.05, 4.69) is 62.3 Å². The number of nitriles is 1. The van der Waals surface area contributed by atoms with Crippen molar-refractivity contribution in [3.8, 4) is 34.2 Å². The van der Waals surface area contributed by atoms with Crippen LogP contribution in [0.15, 0.2) is 65.8 Å². The van der Waals surface area contributed by atoms with Gasteiger partial charge in [-0.3, -0.25) is 9.79 Å². The zero-order chi connectivity index (χ0) is 28.2. The standard InChI is InChI=1S/C32H32N6O3/c1-34-20-24-18-23(4-7-30(24)41-26-10-13-38(21-26)31(39)8-11-33)27-9-12-35-32-28(27)19-29(36-32)22-2-5-25(6-3-22)37-14-16-40-17-15-37/h2-7,9,12,18-20,26H,8,10,13-17,21H2,1H3,(H,35,36)/b34-20-/t26-/m1/s1. The molecule has 1 amide bonds. The van der Waals surface area contributed by atoms with Crippen LogP contribution >= 0.6 is 0 Å². The lowest BCUT2D eigenvalue weighted by Gasteiger charge is -2.28. The van der Waals surface area contributed by atoms with Crippen molar-refractivity contribution in [3.05, 3.63) is 66.4 Å². The number of aromatic amines is 1. The predicted molar refractivity (Wildman–Crippen MR) is 159 cm³/mol. The summed E-state index contributed by atoms with van der Waals surface area (Å²) in [6.45, 7) is 4.43. The number of pyridine rings is 1. The smallest absolute Gasteiger partial charge is 0.236 e. The SMILES string of the molecule is C/N=C\c1cc(-c2ccnc3[nH]c(-c4ccc(N5CCOCC5)cc4)cc23)ccc1O[C@@H]1CCN(C(=O)CC#N)C1. The minimum absolute atomic E-state index is 0.101. The molecule has 9 heteroatoms. The van der Waals surface area contributed by atoms with E-state index in [-0.39, 0.29) is 18.4 Å². The molecule has 1 atom stereocenters. The molecule has 0 radical (unpaired) electrons. The van der Waals surface area contributed by atoms with Gasteiger partial charge in [-0.1, -0.05) is 18.2 Å². The van der Waals surface area contributed by atoms with E-state index in [9.17, 15) is 4.79 Å². The van der Waals surface area contributed by atoms with Crippen LogP contribution in [-0.4, -0.2) is 79.5 Å². The Kier molecular flexibility index (Phi) is 7.65. The van der Waals surface area contributed by atoms with Crippen molar-refractivity contribution in [2.45, 2.75) is 18.9 Å². The van der Waals surface area contributed by atoms with Crippen molar-refractivity contribution in [1.82, 2.24) is 14.9 Å². The summed E-state index contributed by atoms with van der Waals surface area (Å²) in [6, 6.07) is 20.8. The van der Waals surface area contributed by atoms with E-state index in [0.29, 0.717) is 13.1 Å². The number of nitrogens with zero attached hydrogens (tertiary/aromatic N) is 5. The number of aromatic nitrogens is 2. The summed E-state index contributed by atoms with van der Waals surface area (Å²) in [4.78, 5) is 28.5. The third-order valence-electron chi connectivity index (χ3n) is 7.70. The largest absolute Gasteiger partial charge is 0.488 e. The van der Waals surface area contributed by atoms with E-state index < -0.39 is 0 Å². The number of carbonyl (C=O) groups is 1. The summed E-state index contributed by atoms with van der Waals surface area (Å²) in [5.41, 5.74) is 7.12. The summed E-state index contributed by atoms with van der Waals surface area (Å²) in [5, 5.41) is 9.88. The topological polar surface area (TPSA) is 107 Å². The number of rotatable bonds is 7. The Morgan fingerprint density at radius 1 is 1.15 bits per heavy atom. The lowest BCUT2D eigenvalue weighted by atomic mass is 10.0. The number of hydrogen-bond donors (Lipinski definition) is 1. The fraction of sp³-hybridized carbons (Fsp3) is 0.312. The second-order valence-electron chi connectivity index (χ2n) is 10.3. The van der Waals surface area contributed by atoms with Gasteiger partial charge >= 0.3 is 0 Å². The van der Waals surface area contributed by atoms with Gasteiger partial charge in [0, 0.05) is 67.8 Å². The highest BCUT2D eigenvalue weighted by Gasteiger charge is 2.28. The van der Waals surface area contributed by atoms with Crippen LogP contribution in [-0.2, 0) is 9.53 Å². The van der Waals surface area contributed by atoms with Crippen molar-refractivity contribution in [3.63, 3.8) is 0 Å². The molecule has 6 rings (SSSR count). The minimum atomic E-state index is -0.148. The number of H-pyrrole nitrogens is 1. The summed E-state index contributed by atoms with van der Waals surface area (Å²) < 4.78 is 11.8. The molecule has 4 heterocycles. The highest BCUT2D eigenvalue weighted by molar-refractivity contribution is 5.97. The van der Waals surface area contributed by atoms with Gasteiger partial charge in [-0.2, -0.15) is 5.26 Å². The van der Waals surface area contributed by atoms with E-state index in [4.69, 9.17) is 14.7 Å². The molecule has 0 unspecified atom stereocenters. The molecule has 41 heavy (non-hydrogen) atoms. The van der Waals surface area contributed by atoms with Crippen molar-refractivity contribution in [2.75, 3.05) is 51.3 Å². The number of fused-ring (bicyclic) bond motifs is 1. The van der Waals surface area contributed by atoms with Gasteiger partial charge in [-0.05, 0) is 53.1 Å². The number of aliphatic imine (C=N–C) groups is 1. The molecular formula is C32H32N6O3. The maximum Gasteiger partial charge on any atom is 0.236 e. The highest BCUT2D eigenvalue weighted by Crippen LogP contribution is 2.34. The fourth-order valence-electron chi connectivity index (χ4n) is 5.58. The first-order chi connectivity index (χ1) is 20.1. The number of anilines is 1. The van der Waals surface area contributed by atoms with Crippen LogP contribution in [0.5, 0.6) is 5.75 Å². The first kappa shape index (κ1) is 26.5. The predicted octanol–water partition coefficient (Wildman–Crippen LogP) is 4.68. The third-order valence-corrected chi connectivity index (χ3v) is 7.70. The number of carbonyl (C=O) groups excluding carboxylic acids is 1. The van der Waals surface area contributed by atoms with Gasteiger partial charge in [0.05, 0.1) is 25.8 Å². The quantitative estimate of drug-likeness (QED) is 0.336. The van der Waals surface area contributed by atoms with E-state index in [1.807, 2.05) is 24.4 Å². The van der Waals surface area contributed by atoms with Crippen LogP contribution in [0.3, 0.4) is 0 Å². The van der Waals surface area contributed by atoms with E-state index >= 15 is 0 Å². The average Bonchev–Trinajstić information content (AvgIpc) is 3.66. The molecule has 1 N–H and O–H groups in total. The van der Waals surface area contributed by atoms with Crippen molar-refractivity contribution in [1.29, 1.82) is 5.26 Å². The molecule has 2 aromatic carbocycles. The highest BCUT2D eigenvalue weighted by atomic mass is 16.5. The Morgan fingerprint density at radius 2 is 1.95 bits per heavy atom. The number of hydrogen-bond acceptors (Lipinski definition) is 7. The summed E-state index contributed by atoms with van der Waals surface area (Å²) >= 11 is 0. The van der Waals surface area contributed by atoms with Gasteiger partial charge in [-0.25, -0.2) is 4.98 Å². The molecule has 2 aliphatic heterocycles. The van der Waals surface area contributed by atoms with E-state index in [0.717, 1.165) is 77.5 Å². The maximum atomic E-state index is 12.1. The Morgan fingerprint density at radius 3 is 2.73 bits per heavy atom. The van der Waals surface area contributed by atoms with Gasteiger partial charge in [-0.15, -0.1) is 0 Å². The van der Waals surface area contributed by atoms with E-state index in [1.54, 1.807) is 18.2 Å². The number of amides is 1. The molecule has 0 bridgehead atoms. The maximum absolute atomic E-state index is 12.1. The lowest BCUT2D eigenvalue weighted by Crippen LogP contribution is -2.36. The van der Waals surface area contributed by atoms with E-state index in [1.165, 1.54) is 5.69 Å². The molecule has 0 saturated carbocycles. The molecule has 0 spiro atoms. The second kappa shape index (κ2) is 11.8. The Balaban J connectivity index is 1.25. The molecular weight excluding hydrogens is 516 g/mol. The Bertz CT molecular complexity index is 1610. The van der Waals surface area contributed by atoms with Crippen molar-refractivity contribution in [2.24, 2.45) is 4.99 Å². The van der Waals surface area contributed by atoms with Gasteiger partial charge in [0.2, 0.25) is 5.91 Å². The monoisotopic (exact) mass is 548 g/mol. The summed E-state index contributed by atoms with van der Waals surface area (Å²) in [6.07, 6.45) is 4.12. The van der Waals surface area contributed by atoms with Crippen molar-refractivity contribution < 1.29 is 14.3 Å². The molecule has 9 nitrogen and oxygen atoms in total. The number of likely N-dealkylation sites (tertiary alicyclic amines) is 1. The lowest BCUT2D eigenvalue weighted by molar-refractivity contribution is -0.129. The van der Waals surface area contributed by atoms with Crippen LogP contribution in [0, 0.1) is 11.3 Å². The zero-order valence-electron chi connectivity index (χ0n) is 23.0. The van der Waals surface area contributed by atoms with Crippen LogP contribution in [0.1, 0.15) is 18.4 Å². The van der Waals surface area contributed by atoms with Crippen molar-refractivity contribution >= 4 is 28.8 Å². The van der Waals surface area contributed by atoms with Crippen LogP contribution in [0.4, 0.5) is 5.69 Å². The summed E-state index contributed by atoms with van der Waals surface area (Å²) in [7, 11) is 1.74. The molecule has 208 valence electrons. The number of morpholine rings is 1. The Hall–Kier alpha value is -4.68. The molecule has 2 fully saturated rings. The van der Waals surface area contributed by atoms with Gasteiger partial charge in [0.15, 0.2) is 0 Å². The van der Waals surface area contributed by atoms with Crippen LogP contribution in [0.2, 0.25) is 0 Å². The normalized spacial score (nSPS) is 17.3. The molecule has 2 aliphatic rings. The van der Waals surface area contributed by atoms with Gasteiger partial charge in [0.1, 0.15) is 23.9 Å². The second-order valence-corrected chi connectivity index (χ2v) is 10.3.